The predicted octanol–water partition coefficient (Wildman–Crippen LogP) is 1.70. The van der Waals surface area contributed by atoms with Crippen molar-refractivity contribution in [3.63, 3.8) is 0 Å². The van der Waals surface area contributed by atoms with E-state index >= 15 is 0 Å². The summed E-state index contributed by atoms with van der Waals surface area (Å²) in [5.41, 5.74) is 2.21. The van der Waals surface area contributed by atoms with E-state index in [4.69, 9.17) is 0 Å². The van der Waals surface area contributed by atoms with Crippen molar-refractivity contribution in [1.82, 2.24) is 19.8 Å². The fourth-order valence-corrected chi connectivity index (χ4v) is 2.56. The molecule has 0 atom stereocenters. The summed E-state index contributed by atoms with van der Waals surface area (Å²) in [4.78, 5) is 13.0. The van der Waals surface area contributed by atoms with E-state index in [2.05, 4.69) is 38.8 Å². The Balaban J connectivity index is 1.66. The monoisotopic (exact) mass is 244 g/mol. The smallest absolute Gasteiger partial charge is 0.121 e. The van der Waals surface area contributed by atoms with Gasteiger partial charge in [-0.2, -0.15) is 0 Å². The Bertz CT molecular complexity index is 478. The van der Waals surface area contributed by atoms with Gasteiger partial charge in [-0.05, 0) is 18.7 Å². The van der Waals surface area contributed by atoms with E-state index in [9.17, 15) is 0 Å². The Kier molecular flexibility index (Phi) is 3.30. The van der Waals surface area contributed by atoms with E-state index in [1.54, 1.807) is 0 Å². The van der Waals surface area contributed by atoms with Crippen molar-refractivity contribution >= 4 is 11.0 Å². The van der Waals surface area contributed by atoms with Crippen LogP contribution in [0.15, 0.2) is 24.3 Å². The molecule has 2 heterocycles. The highest BCUT2D eigenvalue weighted by atomic mass is 15.3. The first-order valence-corrected chi connectivity index (χ1v) is 6.73. The predicted molar refractivity (Wildman–Crippen MR) is 73.5 cm³/mol. The number of aromatic amines is 1. The summed E-state index contributed by atoms with van der Waals surface area (Å²) in [5.74, 6) is 1.08. The first-order valence-electron chi connectivity index (χ1n) is 6.73. The highest BCUT2D eigenvalue weighted by Crippen LogP contribution is 2.12. The second-order valence-corrected chi connectivity index (χ2v) is 4.91. The van der Waals surface area contributed by atoms with Gasteiger partial charge in [-0.25, -0.2) is 4.98 Å². The Hall–Kier alpha value is -1.39. The Labute approximate surface area is 108 Å². The highest BCUT2D eigenvalue weighted by molar-refractivity contribution is 5.74. The molecule has 0 amide bonds. The SMILES string of the molecule is CCN1CCN(Cc2nc3ccccc3[nH]2)CC1. The topological polar surface area (TPSA) is 35.2 Å². The lowest BCUT2D eigenvalue weighted by atomic mass is 10.3. The maximum absolute atomic E-state index is 4.64. The van der Waals surface area contributed by atoms with Gasteiger partial charge in [0.1, 0.15) is 5.82 Å². The molecule has 1 aliphatic heterocycles. The van der Waals surface area contributed by atoms with Crippen LogP contribution in [0.2, 0.25) is 0 Å². The maximum atomic E-state index is 4.64. The molecular weight excluding hydrogens is 224 g/mol. The van der Waals surface area contributed by atoms with Crippen LogP contribution in [0.1, 0.15) is 12.7 Å². The molecule has 1 saturated heterocycles. The molecule has 1 aromatic heterocycles. The summed E-state index contributed by atoms with van der Waals surface area (Å²) >= 11 is 0. The second kappa shape index (κ2) is 5.08. The van der Waals surface area contributed by atoms with Gasteiger partial charge in [0, 0.05) is 26.2 Å². The van der Waals surface area contributed by atoms with Crippen LogP contribution in [0, 0.1) is 0 Å². The molecule has 0 radical (unpaired) electrons. The quantitative estimate of drug-likeness (QED) is 0.892. The number of nitrogens with zero attached hydrogens (tertiary/aromatic N) is 3. The molecule has 0 spiro atoms. The van der Waals surface area contributed by atoms with Crippen LogP contribution in [0.25, 0.3) is 11.0 Å². The Morgan fingerprint density at radius 2 is 1.83 bits per heavy atom. The number of hydrogen-bond donors (Lipinski definition) is 1. The average Bonchev–Trinajstić information content (AvgIpc) is 2.82. The van der Waals surface area contributed by atoms with E-state index in [-0.39, 0.29) is 0 Å². The normalized spacial score (nSPS) is 18.5. The molecule has 96 valence electrons. The van der Waals surface area contributed by atoms with E-state index in [0.717, 1.165) is 36.5 Å². The minimum Gasteiger partial charge on any atom is -0.341 e. The second-order valence-electron chi connectivity index (χ2n) is 4.91. The molecule has 1 aromatic carbocycles. The van der Waals surface area contributed by atoms with E-state index in [1.807, 2.05) is 12.1 Å². The third-order valence-electron chi connectivity index (χ3n) is 3.72. The summed E-state index contributed by atoms with van der Waals surface area (Å²) in [6, 6.07) is 8.22. The maximum Gasteiger partial charge on any atom is 0.121 e. The number of likely N-dealkylation sites (N-methyl/N-ethyl adjacent to an activating group) is 1. The van der Waals surface area contributed by atoms with Crippen molar-refractivity contribution < 1.29 is 0 Å². The first kappa shape index (κ1) is 11.7. The zero-order valence-corrected chi connectivity index (χ0v) is 10.9. The zero-order chi connectivity index (χ0) is 12.4. The number of benzene rings is 1. The molecule has 4 heteroatoms. The van der Waals surface area contributed by atoms with Crippen LogP contribution in [-0.2, 0) is 6.54 Å². The number of nitrogens with one attached hydrogen (secondary N) is 1. The fourth-order valence-electron chi connectivity index (χ4n) is 2.56. The molecule has 0 bridgehead atoms. The summed E-state index contributed by atoms with van der Waals surface area (Å²) < 4.78 is 0. The lowest BCUT2D eigenvalue weighted by molar-refractivity contribution is 0.130. The molecule has 0 saturated carbocycles. The molecule has 1 aliphatic rings. The summed E-state index contributed by atoms with van der Waals surface area (Å²) in [6.07, 6.45) is 0. The molecule has 2 aromatic rings. The third-order valence-corrected chi connectivity index (χ3v) is 3.72. The number of H-pyrrole nitrogens is 1. The van der Waals surface area contributed by atoms with Crippen LogP contribution < -0.4 is 0 Å². The largest absolute Gasteiger partial charge is 0.341 e. The molecule has 1 fully saturated rings. The minimum atomic E-state index is 0.937. The zero-order valence-electron chi connectivity index (χ0n) is 10.9. The minimum absolute atomic E-state index is 0.937. The number of aromatic nitrogens is 2. The van der Waals surface area contributed by atoms with Gasteiger partial charge in [0.2, 0.25) is 0 Å². The Morgan fingerprint density at radius 1 is 1.11 bits per heavy atom. The molecule has 0 unspecified atom stereocenters. The van der Waals surface area contributed by atoms with Crippen LogP contribution in [0.4, 0.5) is 0 Å². The van der Waals surface area contributed by atoms with Crippen molar-refractivity contribution in [1.29, 1.82) is 0 Å². The number of para-hydroxylation sites is 2. The lowest BCUT2D eigenvalue weighted by Gasteiger charge is -2.33. The number of hydrogen-bond acceptors (Lipinski definition) is 3. The molecule has 1 N–H and O–H groups in total. The third kappa shape index (κ3) is 2.40. The number of piperazine rings is 1. The van der Waals surface area contributed by atoms with Crippen molar-refractivity contribution in [2.24, 2.45) is 0 Å². The van der Waals surface area contributed by atoms with Gasteiger partial charge in [0.25, 0.3) is 0 Å². The van der Waals surface area contributed by atoms with Crippen LogP contribution in [-0.4, -0.2) is 52.5 Å². The number of imidazole rings is 1. The standard InChI is InChI=1S/C14H20N4/c1-2-17-7-9-18(10-8-17)11-14-15-12-5-3-4-6-13(12)16-14/h3-6H,2,7-11H2,1H3,(H,15,16). The summed E-state index contributed by atoms with van der Waals surface area (Å²) in [6.45, 7) is 8.98. The van der Waals surface area contributed by atoms with Crippen molar-refractivity contribution in [2.45, 2.75) is 13.5 Å². The summed E-state index contributed by atoms with van der Waals surface area (Å²) in [5, 5.41) is 0. The number of rotatable bonds is 3. The summed E-state index contributed by atoms with van der Waals surface area (Å²) in [7, 11) is 0. The van der Waals surface area contributed by atoms with Gasteiger partial charge >= 0.3 is 0 Å². The van der Waals surface area contributed by atoms with Gasteiger partial charge in [0.05, 0.1) is 17.6 Å². The van der Waals surface area contributed by atoms with Gasteiger partial charge in [-0.15, -0.1) is 0 Å². The van der Waals surface area contributed by atoms with Crippen LogP contribution in [0.3, 0.4) is 0 Å². The Morgan fingerprint density at radius 3 is 2.56 bits per heavy atom. The van der Waals surface area contributed by atoms with Crippen molar-refractivity contribution in [2.75, 3.05) is 32.7 Å². The van der Waals surface area contributed by atoms with Gasteiger partial charge in [-0.1, -0.05) is 19.1 Å². The number of fused-ring (bicyclic) bond motifs is 1. The van der Waals surface area contributed by atoms with E-state index in [0.29, 0.717) is 0 Å². The fraction of sp³-hybridized carbons (Fsp3) is 0.500. The molecular formula is C14H20N4. The lowest BCUT2D eigenvalue weighted by Crippen LogP contribution is -2.45. The van der Waals surface area contributed by atoms with Crippen LogP contribution in [0.5, 0.6) is 0 Å². The van der Waals surface area contributed by atoms with Crippen molar-refractivity contribution in [3.8, 4) is 0 Å². The molecule has 0 aliphatic carbocycles. The molecule has 3 rings (SSSR count). The highest BCUT2D eigenvalue weighted by Gasteiger charge is 2.16. The van der Waals surface area contributed by atoms with Gasteiger partial charge in [-0.3, -0.25) is 4.90 Å². The van der Waals surface area contributed by atoms with Gasteiger partial charge < -0.3 is 9.88 Å². The molecule has 18 heavy (non-hydrogen) atoms. The van der Waals surface area contributed by atoms with Crippen LogP contribution >= 0.6 is 0 Å². The van der Waals surface area contributed by atoms with E-state index in [1.165, 1.54) is 19.6 Å². The van der Waals surface area contributed by atoms with Crippen molar-refractivity contribution in [3.05, 3.63) is 30.1 Å². The van der Waals surface area contributed by atoms with Gasteiger partial charge in [0.15, 0.2) is 0 Å². The average molecular weight is 244 g/mol. The van der Waals surface area contributed by atoms with E-state index < -0.39 is 0 Å². The molecule has 4 nitrogen and oxygen atoms in total. The first-order chi connectivity index (χ1) is 8.85.